The SMILES string of the molecule is Cc1cc2nc(NC3CCCC(C(F)(F)F)C3)c3ccccc3n2n1. The van der Waals surface area contributed by atoms with Crippen LogP contribution < -0.4 is 5.32 Å². The molecule has 2 unspecified atom stereocenters. The summed E-state index contributed by atoms with van der Waals surface area (Å²) in [4.78, 5) is 4.61. The first-order chi connectivity index (χ1) is 11.9. The van der Waals surface area contributed by atoms with Gasteiger partial charge in [-0.25, -0.2) is 9.50 Å². The first-order valence-corrected chi connectivity index (χ1v) is 8.50. The molecule has 1 aliphatic carbocycles. The smallest absolute Gasteiger partial charge is 0.367 e. The molecule has 1 aromatic carbocycles. The van der Waals surface area contributed by atoms with Crippen LogP contribution in [0, 0.1) is 12.8 Å². The molecule has 0 radical (unpaired) electrons. The van der Waals surface area contributed by atoms with Gasteiger partial charge in [0, 0.05) is 17.5 Å². The highest BCUT2D eigenvalue weighted by Crippen LogP contribution is 2.38. The molecule has 132 valence electrons. The standard InChI is InChI=1S/C18H19F3N4/c1-11-9-16-23-17(14-7-2-3-8-15(14)25(16)24-11)22-13-6-4-5-12(10-13)18(19,20)21/h2-3,7-9,12-13H,4-6,10H2,1H3,(H,22,23). The Morgan fingerprint density at radius 2 is 2.00 bits per heavy atom. The van der Waals surface area contributed by atoms with Crippen molar-refractivity contribution < 1.29 is 13.2 Å². The molecule has 1 N–H and O–H groups in total. The van der Waals surface area contributed by atoms with Crippen LogP contribution in [0.15, 0.2) is 30.3 Å². The van der Waals surface area contributed by atoms with Crippen LogP contribution in [0.1, 0.15) is 31.4 Å². The molecule has 4 nitrogen and oxygen atoms in total. The summed E-state index contributed by atoms with van der Waals surface area (Å²) in [5.74, 6) is -0.596. The molecular weight excluding hydrogens is 329 g/mol. The van der Waals surface area contributed by atoms with Crippen molar-refractivity contribution in [3.8, 4) is 0 Å². The van der Waals surface area contributed by atoms with E-state index >= 15 is 0 Å². The topological polar surface area (TPSA) is 42.2 Å². The fourth-order valence-electron chi connectivity index (χ4n) is 3.70. The van der Waals surface area contributed by atoms with E-state index in [0.717, 1.165) is 23.0 Å². The van der Waals surface area contributed by atoms with Crippen LogP contribution in [0.5, 0.6) is 0 Å². The van der Waals surface area contributed by atoms with Gasteiger partial charge in [-0.3, -0.25) is 0 Å². The molecule has 3 aromatic rings. The highest BCUT2D eigenvalue weighted by Gasteiger charge is 2.42. The third kappa shape index (κ3) is 3.03. The maximum absolute atomic E-state index is 13.1. The Bertz CT molecular complexity index is 916. The number of rotatable bonds is 2. The van der Waals surface area contributed by atoms with Crippen LogP contribution in [0.4, 0.5) is 19.0 Å². The molecule has 2 heterocycles. The first-order valence-electron chi connectivity index (χ1n) is 8.50. The van der Waals surface area contributed by atoms with Gasteiger partial charge < -0.3 is 5.32 Å². The predicted molar refractivity (Wildman–Crippen MR) is 90.7 cm³/mol. The van der Waals surface area contributed by atoms with Crippen molar-refractivity contribution in [2.75, 3.05) is 5.32 Å². The minimum atomic E-state index is -4.12. The van der Waals surface area contributed by atoms with Crippen molar-refractivity contribution in [2.24, 2.45) is 5.92 Å². The number of nitrogens with zero attached hydrogens (tertiary/aromatic N) is 3. The summed E-state index contributed by atoms with van der Waals surface area (Å²) in [7, 11) is 0. The van der Waals surface area contributed by atoms with E-state index in [9.17, 15) is 13.2 Å². The average Bonchev–Trinajstić information content (AvgIpc) is 2.95. The molecule has 2 aromatic heterocycles. The van der Waals surface area contributed by atoms with Crippen molar-refractivity contribution in [1.29, 1.82) is 0 Å². The van der Waals surface area contributed by atoms with Gasteiger partial charge >= 0.3 is 6.18 Å². The zero-order valence-corrected chi connectivity index (χ0v) is 13.8. The van der Waals surface area contributed by atoms with Gasteiger partial charge in [0.25, 0.3) is 0 Å². The molecule has 0 aliphatic heterocycles. The largest absolute Gasteiger partial charge is 0.391 e. The zero-order valence-electron chi connectivity index (χ0n) is 13.8. The van der Waals surface area contributed by atoms with Gasteiger partial charge in [0.15, 0.2) is 5.65 Å². The van der Waals surface area contributed by atoms with Gasteiger partial charge in [-0.1, -0.05) is 18.6 Å². The second-order valence-electron chi connectivity index (χ2n) is 6.78. The van der Waals surface area contributed by atoms with Gasteiger partial charge in [-0.05, 0) is 38.3 Å². The maximum atomic E-state index is 13.1. The van der Waals surface area contributed by atoms with Crippen LogP contribution in [0.3, 0.4) is 0 Å². The van der Waals surface area contributed by atoms with Gasteiger partial charge in [0.1, 0.15) is 5.82 Å². The molecule has 0 amide bonds. The van der Waals surface area contributed by atoms with Crippen LogP contribution in [0.25, 0.3) is 16.6 Å². The summed E-state index contributed by atoms with van der Waals surface area (Å²) >= 11 is 0. The quantitative estimate of drug-likeness (QED) is 0.728. The monoisotopic (exact) mass is 348 g/mol. The molecule has 2 atom stereocenters. The lowest BCUT2D eigenvalue weighted by molar-refractivity contribution is -0.182. The number of halogens is 3. The third-order valence-corrected chi connectivity index (χ3v) is 4.90. The van der Waals surface area contributed by atoms with E-state index in [2.05, 4.69) is 15.4 Å². The van der Waals surface area contributed by atoms with Gasteiger partial charge in [0.2, 0.25) is 0 Å². The van der Waals surface area contributed by atoms with Crippen molar-refractivity contribution >= 4 is 22.4 Å². The molecule has 1 fully saturated rings. The van der Waals surface area contributed by atoms with E-state index in [-0.39, 0.29) is 18.9 Å². The fourth-order valence-corrected chi connectivity index (χ4v) is 3.70. The lowest BCUT2D eigenvalue weighted by Gasteiger charge is -2.31. The van der Waals surface area contributed by atoms with Gasteiger partial charge in [-0.2, -0.15) is 18.3 Å². The Labute approximate surface area is 143 Å². The molecule has 7 heteroatoms. The number of aryl methyl sites for hydroxylation is 1. The average molecular weight is 348 g/mol. The third-order valence-electron chi connectivity index (χ3n) is 4.90. The van der Waals surface area contributed by atoms with Gasteiger partial charge in [0.05, 0.1) is 17.1 Å². The summed E-state index contributed by atoms with van der Waals surface area (Å²) in [5, 5.41) is 8.59. The Morgan fingerprint density at radius 1 is 1.20 bits per heavy atom. The molecule has 0 saturated heterocycles. The predicted octanol–water partition coefficient (Wildman–Crippen LogP) is 4.72. The first kappa shape index (κ1) is 16.2. The Kier molecular flexibility index (Phi) is 3.81. The molecule has 4 rings (SSSR count). The van der Waals surface area contributed by atoms with Crippen molar-refractivity contribution in [3.05, 3.63) is 36.0 Å². The van der Waals surface area contributed by atoms with E-state index in [0.29, 0.717) is 17.9 Å². The van der Waals surface area contributed by atoms with E-state index in [1.54, 1.807) is 4.52 Å². The molecule has 0 bridgehead atoms. The number of fused-ring (bicyclic) bond motifs is 3. The normalized spacial score (nSPS) is 21.8. The second-order valence-corrected chi connectivity index (χ2v) is 6.78. The van der Waals surface area contributed by atoms with Crippen LogP contribution in [-0.4, -0.2) is 26.8 Å². The van der Waals surface area contributed by atoms with Crippen LogP contribution >= 0.6 is 0 Å². The summed E-state index contributed by atoms with van der Waals surface area (Å²) in [5.41, 5.74) is 2.44. The van der Waals surface area contributed by atoms with E-state index in [1.165, 1.54) is 0 Å². The molecular formula is C18H19F3N4. The lowest BCUT2D eigenvalue weighted by Crippen LogP contribution is -2.34. The Morgan fingerprint density at radius 3 is 2.80 bits per heavy atom. The van der Waals surface area contributed by atoms with E-state index in [1.807, 2.05) is 37.3 Å². The summed E-state index contributed by atoms with van der Waals surface area (Å²) in [6.45, 7) is 1.89. The molecule has 1 aliphatic rings. The maximum Gasteiger partial charge on any atom is 0.391 e. The Balaban J connectivity index is 1.71. The lowest BCUT2D eigenvalue weighted by atomic mass is 9.85. The number of hydrogen-bond donors (Lipinski definition) is 1. The molecule has 0 spiro atoms. The number of alkyl halides is 3. The van der Waals surface area contributed by atoms with Crippen molar-refractivity contribution in [2.45, 2.75) is 44.8 Å². The number of para-hydroxylation sites is 1. The highest BCUT2D eigenvalue weighted by molar-refractivity contribution is 5.91. The van der Waals surface area contributed by atoms with Crippen molar-refractivity contribution in [3.63, 3.8) is 0 Å². The Hall–Kier alpha value is -2.31. The number of hydrogen-bond acceptors (Lipinski definition) is 3. The number of nitrogens with one attached hydrogen (secondary N) is 1. The number of benzene rings is 1. The molecule has 1 saturated carbocycles. The number of aromatic nitrogens is 3. The minimum Gasteiger partial charge on any atom is -0.367 e. The van der Waals surface area contributed by atoms with Gasteiger partial charge in [-0.15, -0.1) is 0 Å². The summed E-state index contributed by atoms with van der Waals surface area (Å²) in [6, 6.07) is 9.34. The number of anilines is 1. The summed E-state index contributed by atoms with van der Waals surface area (Å²) < 4.78 is 41.0. The van der Waals surface area contributed by atoms with Crippen molar-refractivity contribution in [1.82, 2.24) is 14.6 Å². The zero-order chi connectivity index (χ0) is 17.6. The van der Waals surface area contributed by atoms with E-state index in [4.69, 9.17) is 0 Å². The molecule has 25 heavy (non-hydrogen) atoms. The summed E-state index contributed by atoms with van der Waals surface area (Å²) in [6.07, 6.45) is -2.50. The van der Waals surface area contributed by atoms with Crippen LogP contribution in [-0.2, 0) is 0 Å². The highest BCUT2D eigenvalue weighted by atomic mass is 19.4. The van der Waals surface area contributed by atoms with E-state index < -0.39 is 12.1 Å². The fraction of sp³-hybridized carbons (Fsp3) is 0.444. The van der Waals surface area contributed by atoms with Crippen LogP contribution in [0.2, 0.25) is 0 Å². The minimum absolute atomic E-state index is 0.100. The second kappa shape index (κ2) is 5.89.